The molecule has 0 N–H and O–H groups in total. The molecule has 0 saturated carbocycles. The van der Waals surface area contributed by atoms with Crippen molar-refractivity contribution < 1.29 is 19.1 Å². The van der Waals surface area contributed by atoms with E-state index in [2.05, 4.69) is 10.3 Å². The molecule has 0 radical (unpaired) electrons. The lowest BCUT2D eigenvalue weighted by Crippen LogP contribution is -2.14. The van der Waals surface area contributed by atoms with Crippen LogP contribution in [0.5, 0.6) is 11.5 Å². The van der Waals surface area contributed by atoms with E-state index >= 15 is 0 Å². The number of hydrogen-bond donors (Lipinski definition) is 0. The predicted molar refractivity (Wildman–Crippen MR) is 126 cm³/mol. The number of rotatable bonds is 6. The van der Waals surface area contributed by atoms with Crippen molar-refractivity contribution in [2.45, 2.75) is 6.54 Å². The van der Waals surface area contributed by atoms with Crippen molar-refractivity contribution >= 4 is 23.0 Å². The maximum atomic E-state index is 12.7. The van der Waals surface area contributed by atoms with Crippen molar-refractivity contribution in [3.8, 4) is 11.5 Å². The molecular weight excluding hydrogens is 430 g/mol. The number of nitrogens with zero attached hydrogens (tertiary/aromatic N) is 3. The molecule has 7 nitrogen and oxygen atoms in total. The first-order valence-corrected chi connectivity index (χ1v) is 10.6. The van der Waals surface area contributed by atoms with Gasteiger partial charge in [-0.25, -0.2) is 14.3 Å². The van der Waals surface area contributed by atoms with Gasteiger partial charge in [-0.2, -0.15) is 0 Å². The number of benzene rings is 4. The fraction of sp³-hybridized carbons (Fsp3) is 0.0370. The molecule has 0 atom stereocenters. The second-order valence-corrected chi connectivity index (χ2v) is 7.52. The third-order valence-corrected chi connectivity index (χ3v) is 5.21. The van der Waals surface area contributed by atoms with Gasteiger partial charge in [0.25, 0.3) is 0 Å². The molecule has 34 heavy (non-hydrogen) atoms. The monoisotopic (exact) mass is 449 g/mol. The fourth-order valence-corrected chi connectivity index (χ4v) is 3.49. The first-order chi connectivity index (χ1) is 16.7. The fourth-order valence-electron chi connectivity index (χ4n) is 3.49. The van der Waals surface area contributed by atoms with E-state index in [1.54, 1.807) is 65.3 Å². The zero-order valence-electron chi connectivity index (χ0n) is 18.0. The molecule has 5 rings (SSSR count). The van der Waals surface area contributed by atoms with E-state index in [0.717, 1.165) is 16.6 Å². The summed E-state index contributed by atoms with van der Waals surface area (Å²) in [4.78, 5) is 25.4. The summed E-state index contributed by atoms with van der Waals surface area (Å²) < 4.78 is 12.7. The minimum absolute atomic E-state index is 0.131. The van der Waals surface area contributed by atoms with Crippen LogP contribution in [0, 0.1) is 0 Å². The average Bonchev–Trinajstić information content (AvgIpc) is 3.28. The number of para-hydroxylation sites is 3. The highest BCUT2D eigenvalue weighted by Gasteiger charge is 2.18. The van der Waals surface area contributed by atoms with Crippen molar-refractivity contribution in [1.82, 2.24) is 15.0 Å². The van der Waals surface area contributed by atoms with Crippen LogP contribution in [0.4, 0.5) is 0 Å². The Labute approximate surface area is 195 Å². The molecule has 0 saturated heterocycles. The largest absolute Gasteiger partial charge is 0.423 e. The molecule has 0 aliphatic heterocycles. The van der Waals surface area contributed by atoms with Gasteiger partial charge in [0, 0.05) is 0 Å². The topological polar surface area (TPSA) is 83.3 Å². The van der Waals surface area contributed by atoms with Gasteiger partial charge in [-0.3, -0.25) is 0 Å². The standard InChI is InChI=1S/C27H19N3O4/c31-26(34-25-13-7-4-10-22(25)27(32)33-21-8-2-1-3-9-21)20-16-14-19(15-17-20)18-30-24-12-6-5-11-23(24)28-29-30/h1-17H,18H2. The number of ether oxygens (including phenoxy) is 2. The van der Waals surface area contributed by atoms with E-state index in [4.69, 9.17) is 9.47 Å². The van der Waals surface area contributed by atoms with E-state index in [1.807, 2.05) is 42.5 Å². The predicted octanol–water partition coefficient (Wildman–Crippen LogP) is 4.92. The molecule has 0 bridgehead atoms. The Morgan fingerprint density at radius 2 is 1.41 bits per heavy atom. The summed E-state index contributed by atoms with van der Waals surface area (Å²) in [7, 11) is 0. The average molecular weight is 449 g/mol. The molecule has 0 aliphatic carbocycles. The Morgan fingerprint density at radius 3 is 2.24 bits per heavy atom. The molecule has 4 aromatic carbocycles. The SMILES string of the molecule is O=C(Oc1ccccc1C(=O)Oc1ccccc1)c1ccc(Cn2nnc3ccccc32)cc1. The van der Waals surface area contributed by atoms with E-state index in [0.29, 0.717) is 17.9 Å². The van der Waals surface area contributed by atoms with Crippen LogP contribution in [0.1, 0.15) is 26.3 Å². The van der Waals surface area contributed by atoms with Crippen molar-refractivity contribution in [3.05, 3.63) is 120 Å². The molecule has 5 aromatic rings. The van der Waals surface area contributed by atoms with Crippen LogP contribution < -0.4 is 9.47 Å². The van der Waals surface area contributed by atoms with Crippen LogP contribution in [-0.2, 0) is 6.54 Å². The van der Waals surface area contributed by atoms with E-state index in [9.17, 15) is 9.59 Å². The summed E-state index contributed by atoms with van der Waals surface area (Å²) >= 11 is 0. The van der Waals surface area contributed by atoms with Crippen LogP contribution >= 0.6 is 0 Å². The van der Waals surface area contributed by atoms with E-state index in [1.165, 1.54) is 0 Å². The number of hydrogen-bond acceptors (Lipinski definition) is 6. The van der Waals surface area contributed by atoms with Gasteiger partial charge in [-0.15, -0.1) is 5.10 Å². The van der Waals surface area contributed by atoms with Crippen LogP contribution in [-0.4, -0.2) is 26.9 Å². The highest BCUT2D eigenvalue weighted by atomic mass is 16.5. The lowest BCUT2D eigenvalue weighted by Gasteiger charge is -2.10. The molecule has 1 aromatic heterocycles. The van der Waals surface area contributed by atoms with Gasteiger partial charge in [0.05, 0.1) is 17.6 Å². The van der Waals surface area contributed by atoms with Crippen LogP contribution in [0.25, 0.3) is 11.0 Å². The van der Waals surface area contributed by atoms with Gasteiger partial charge >= 0.3 is 11.9 Å². The molecule has 166 valence electrons. The summed E-state index contributed by atoms with van der Waals surface area (Å²) in [6, 6.07) is 30.0. The third kappa shape index (κ3) is 4.54. The van der Waals surface area contributed by atoms with Gasteiger partial charge < -0.3 is 9.47 Å². The van der Waals surface area contributed by atoms with Gasteiger partial charge in [-0.05, 0) is 54.1 Å². The summed E-state index contributed by atoms with van der Waals surface area (Å²) in [5.74, 6) is -0.640. The summed E-state index contributed by atoms with van der Waals surface area (Å²) in [6.45, 7) is 0.518. The zero-order chi connectivity index (χ0) is 23.3. The third-order valence-electron chi connectivity index (χ3n) is 5.21. The number of carbonyl (C=O) groups excluding carboxylic acids is 2. The highest BCUT2D eigenvalue weighted by Crippen LogP contribution is 2.22. The Hall–Kier alpha value is -4.78. The van der Waals surface area contributed by atoms with Gasteiger partial charge in [0.1, 0.15) is 22.6 Å². The maximum absolute atomic E-state index is 12.7. The molecule has 0 amide bonds. The molecule has 0 aliphatic rings. The zero-order valence-corrected chi connectivity index (χ0v) is 18.0. The first-order valence-electron chi connectivity index (χ1n) is 10.6. The quantitative estimate of drug-likeness (QED) is 0.270. The summed E-state index contributed by atoms with van der Waals surface area (Å²) in [5.41, 5.74) is 3.24. The van der Waals surface area contributed by atoms with Crippen molar-refractivity contribution in [2.75, 3.05) is 0 Å². The Balaban J connectivity index is 1.29. The number of esters is 2. The minimum atomic E-state index is -0.606. The second-order valence-electron chi connectivity index (χ2n) is 7.52. The molecule has 0 unspecified atom stereocenters. The number of carbonyl (C=O) groups is 2. The lowest BCUT2D eigenvalue weighted by molar-refractivity contribution is 0.0707. The molecule has 7 heteroatoms. The van der Waals surface area contributed by atoms with Crippen LogP contribution in [0.3, 0.4) is 0 Å². The van der Waals surface area contributed by atoms with Crippen LogP contribution in [0.2, 0.25) is 0 Å². The maximum Gasteiger partial charge on any atom is 0.347 e. The Bertz CT molecular complexity index is 1460. The Morgan fingerprint density at radius 1 is 0.706 bits per heavy atom. The smallest absolute Gasteiger partial charge is 0.347 e. The van der Waals surface area contributed by atoms with Crippen molar-refractivity contribution in [3.63, 3.8) is 0 Å². The van der Waals surface area contributed by atoms with Crippen molar-refractivity contribution in [1.29, 1.82) is 0 Å². The molecular formula is C27H19N3O4. The molecule has 1 heterocycles. The van der Waals surface area contributed by atoms with Crippen molar-refractivity contribution in [2.24, 2.45) is 0 Å². The number of aromatic nitrogens is 3. The lowest BCUT2D eigenvalue weighted by atomic mass is 10.1. The van der Waals surface area contributed by atoms with Gasteiger partial charge in [0.2, 0.25) is 0 Å². The molecule has 0 spiro atoms. The second kappa shape index (κ2) is 9.38. The minimum Gasteiger partial charge on any atom is -0.423 e. The number of fused-ring (bicyclic) bond motifs is 1. The van der Waals surface area contributed by atoms with E-state index < -0.39 is 11.9 Å². The highest BCUT2D eigenvalue weighted by molar-refractivity contribution is 5.97. The van der Waals surface area contributed by atoms with Gasteiger partial charge in [-0.1, -0.05) is 59.8 Å². The Kier molecular flexibility index (Phi) is 5.82. The first kappa shape index (κ1) is 21.1. The molecule has 0 fully saturated rings. The van der Waals surface area contributed by atoms with Crippen LogP contribution in [0.15, 0.2) is 103 Å². The summed E-state index contributed by atoms with van der Waals surface area (Å²) in [6.07, 6.45) is 0. The van der Waals surface area contributed by atoms with E-state index in [-0.39, 0.29) is 11.3 Å². The van der Waals surface area contributed by atoms with Gasteiger partial charge in [0.15, 0.2) is 0 Å². The summed E-state index contributed by atoms with van der Waals surface area (Å²) in [5, 5.41) is 8.35. The normalized spacial score (nSPS) is 10.7.